The maximum atomic E-state index is 6.28. The SMILES string of the molecule is CCC(NC(C)c1ccc(Cl)cc1Cl)c1cccc(Cl)c1. The first-order valence-corrected chi connectivity index (χ1v) is 8.11. The van der Waals surface area contributed by atoms with Crippen LogP contribution in [0.15, 0.2) is 42.5 Å². The molecule has 4 heteroatoms. The van der Waals surface area contributed by atoms with E-state index in [1.54, 1.807) is 6.07 Å². The van der Waals surface area contributed by atoms with Crippen LogP contribution in [0.3, 0.4) is 0 Å². The molecule has 0 heterocycles. The van der Waals surface area contributed by atoms with E-state index in [-0.39, 0.29) is 12.1 Å². The molecule has 0 radical (unpaired) electrons. The van der Waals surface area contributed by atoms with Gasteiger partial charge in [0.2, 0.25) is 0 Å². The average molecular weight is 343 g/mol. The number of benzene rings is 2. The van der Waals surface area contributed by atoms with Crippen molar-refractivity contribution in [3.8, 4) is 0 Å². The van der Waals surface area contributed by atoms with E-state index in [0.29, 0.717) is 10.0 Å². The maximum absolute atomic E-state index is 6.28. The quantitative estimate of drug-likeness (QED) is 0.658. The van der Waals surface area contributed by atoms with Crippen molar-refractivity contribution in [2.45, 2.75) is 32.4 Å². The van der Waals surface area contributed by atoms with Gasteiger partial charge in [-0.15, -0.1) is 0 Å². The van der Waals surface area contributed by atoms with Gasteiger partial charge in [-0.3, -0.25) is 0 Å². The highest BCUT2D eigenvalue weighted by Gasteiger charge is 2.16. The van der Waals surface area contributed by atoms with Crippen LogP contribution in [0.4, 0.5) is 0 Å². The second-order valence-electron chi connectivity index (χ2n) is 5.07. The predicted molar refractivity (Wildman–Crippen MR) is 92.5 cm³/mol. The molecular formula is C17H18Cl3N. The molecule has 0 spiro atoms. The Morgan fingerprint density at radius 3 is 2.33 bits per heavy atom. The fraction of sp³-hybridized carbons (Fsp3) is 0.294. The molecule has 112 valence electrons. The molecule has 0 bridgehead atoms. The highest BCUT2D eigenvalue weighted by Crippen LogP contribution is 2.29. The molecule has 0 fully saturated rings. The minimum absolute atomic E-state index is 0.124. The number of rotatable bonds is 5. The Balaban J connectivity index is 2.18. The molecule has 2 atom stereocenters. The summed E-state index contributed by atoms with van der Waals surface area (Å²) in [5, 5.41) is 5.69. The average Bonchev–Trinajstić information content (AvgIpc) is 2.44. The second kappa shape index (κ2) is 7.51. The van der Waals surface area contributed by atoms with E-state index in [2.05, 4.69) is 25.2 Å². The minimum Gasteiger partial charge on any atom is -0.303 e. The zero-order chi connectivity index (χ0) is 15.4. The Kier molecular flexibility index (Phi) is 5.95. The Morgan fingerprint density at radius 1 is 1.00 bits per heavy atom. The molecule has 2 unspecified atom stereocenters. The van der Waals surface area contributed by atoms with Crippen molar-refractivity contribution < 1.29 is 0 Å². The van der Waals surface area contributed by atoms with Gasteiger partial charge in [0.1, 0.15) is 0 Å². The van der Waals surface area contributed by atoms with Gasteiger partial charge in [0.05, 0.1) is 0 Å². The third-order valence-electron chi connectivity index (χ3n) is 3.54. The van der Waals surface area contributed by atoms with E-state index >= 15 is 0 Å². The summed E-state index contributed by atoms with van der Waals surface area (Å²) in [4.78, 5) is 0. The molecule has 2 aromatic rings. The second-order valence-corrected chi connectivity index (χ2v) is 6.35. The van der Waals surface area contributed by atoms with Crippen LogP contribution in [-0.4, -0.2) is 0 Å². The molecular weight excluding hydrogens is 325 g/mol. The highest BCUT2D eigenvalue weighted by molar-refractivity contribution is 6.35. The van der Waals surface area contributed by atoms with Crippen molar-refractivity contribution in [2.24, 2.45) is 0 Å². The molecule has 0 aliphatic heterocycles. The fourth-order valence-corrected chi connectivity index (χ4v) is 3.19. The van der Waals surface area contributed by atoms with Crippen molar-refractivity contribution in [3.63, 3.8) is 0 Å². The number of hydrogen-bond acceptors (Lipinski definition) is 1. The van der Waals surface area contributed by atoms with Crippen LogP contribution in [0.2, 0.25) is 15.1 Å². The van der Waals surface area contributed by atoms with Crippen molar-refractivity contribution in [1.29, 1.82) is 0 Å². The third-order valence-corrected chi connectivity index (χ3v) is 4.34. The van der Waals surface area contributed by atoms with Gasteiger partial charge >= 0.3 is 0 Å². The lowest BCUT2D eigenvalue weighted by Crippen LogP contribution is -2.24. The van der Waals surface area contributed by atoms with Crippen LogP contribution in [0.5, 0.6) is 0 Å². The largest absolute Gasteiger partial charge is 0.303 e. The Morgan fingerprint density at radius 2 is 1.71 bits per heavy atom. The lowest BCUT2D eigenvalue weighted by atomic mass is 10.0. The van der Waals surface area contributed by atoms with Gasteiger partial charge < -0.3 is 5.32 Å². The molecule has 0 saturated heterocycles. The monoisotopic (exact) mass is 341 g/mol. The zero-order valence-electron chi connectivity index (χ0n) is 12.0. The molecule has 0 amide bonds. The molecule has 2 rings (SSSR count). The summed E-state index contributed by atoms with van der Waals surface area (Å²) in [5.74, 6) is 0. The van der Waals surface area contributed by atoms with E-state index < -0.39 is 0 Å². The Labute approximate surface area is 141 Å². The third kappa shape index (κ3) is 4.37. The maximum Gasteiger partial charge on any atom is 0.0468 e. The standard InChI is InChI=1S/C17H18Cl3N/c1-3-17(12-5-4-6-13(18)9-12)21-11(2)15-8-7-14(19)10-16(15)20/h4-11,17,21H,3H2,1-2H3. The highest BCUT2D eigenvalue weighted by atomic mass is 35.5. The molecule has 0 saturated carbocycles. The van der Waals surface area contributed by atoms with E-state index in [1.165, 1.54) is 5.56 Å². The Bertz CT molecular complexity index is 613. The van der Waals surface area contributed by atoms with Crippen molar-refractivity contribution in [3.05, 3.63) is 68.7 Å². The molecule has 1 N–H and O–H groups in total. The van der Waals surface area contributed by atoms with Crippen LogP contribution in [0.1, 0.15) is 43.5 Å². The molecule has 21 heavy (non-hydrogen) atoms. The van der Waals surface area contributed by atoms with Crippen molar-refractivity contribution in [1.82, 2.24) is 5.32 Å². The summed E-state index contributed by atoms with van der Waals surface area (Å²) in [6.45, 7) is 4.25. The normalized spacial score (nSPS) is 14.0. The molecule has 0 aliphatic rings. The Hall–Kier alpha value is -0.730. The predicted octanol–water partition coefficient (Wildman–Crippen LogP) is 6.45. The van der Waals surface area contributed by atoms with Crippen molar-refractivity contribution >= 4 is 34.8 Å². The van der Waals surface area contributed by atoms with Crippen LogP contribution in [0, 0.1) is 0 Å². The van der Waals surface area contributed by atoms with Gasteiger partial charge in [0, 0.05) is 27.2 Å². The van der Waals surface area contributed by atoms with Crippen LogP contribution >= 0.6 is 34.8 Å². The van der Waals surface area contributed by atoms with Gasteiger partial charge in [-0.25, -0.2) is 0 Å². The summed E-state index contributed by atoms with van der Waals surface area (Å²) in [7, 11) is 0. The van der Waals surface area contributed by atoms with Gasteiger partial charge in [-0.05, 0) is 48.7 Å². The number of hydrogen-bond donors (Lipinski definition) is 1. The first-order chi connectivity index (χ1) is 10.0. The lowest BCUT2D eigenvalue weighted by molar-refractivity contribution is 0.456. The van der Waals surface area contributed by atoms with E-state index in [4.69, 9.17) is 34.8 Å². The first-order valence-electron chi connectivity index (χ1n) is 6.97. The summed E-state index contributed by atoms with van der Waals surface area (Å²) < 4.78 is 0. The smallest absolute Gasteiger partial charge is 0.0468 e. The molecule has 2 aromatic carbocycles. The summed E-state index contributed by atoms with van der Waals surface area (Å²) in [6.07, 6.45) is 0.968. The zero-order valence-corrected chi connectivity index (χ0v) is 14.3. The molecule has 0 aromatic heterocycles. The summed E-state index contributed by atoms with van der Waals surface area (Å²) in [5.41, 5.74) is 2.23. The van der Waals surface area contributed by atoms with Gasteiger partial charge in [0.25, 0.3) is 0 Å². The van der Waals surface area contributed by atoms with E-state index in [1.807, 2.05) is 30.3 Å². The number of nitrogens with one attached hydrogen (secondary N) is 1. The van der Waals surface area contributed by atoms with Gasteiger partial charge in [0.15, 0.2) is 0 Å². The van der Waals surface area contributed by atoms with Crippen LogP contribution in [-0.2, 0) is 0 Å². The minimum atomic E-state index is 0.124. The van der Waals surface area contributed by atoms with Crippen LogP contribution < -0.4 is 5.32 Å². The first kappa shape index (κ1) is 16.6. The topological polar surface area (TPSA) is 12.0 Å². The van der Waals surface area contributed by atoms with Crippen LogP contribution in [0.25, 0.3) is 0 Å². The lowest BCUT2D eigenvalue weighted by Gasteiger charge is -2.24. The summed E-state index contributed by atoms with van der Waals surface area (Å²) >= 11 is 18.3. The fourth-order valence-electron chi connectivity index (χ4n) is 2.42. The van der Waals surface area contributed by atoms with E-state index in [0.717, 1.165) is 17.0 Å². The molecule has 1 nitrogen and oxygen atoms in total. The van der Waals surface area contributed by atoms with Gasteiger partial charge in [-0.1, -0.05) is 59.9 Å². The molecule has 0 aliphatic carbocycles. The van der Waals surface area contributed by atoms with E-state index in [9.17, 15) is 0 Å². The summed E-state index contributed by atoms with van der Waals surface area (Å²) in [6, 6.07) is 13.9. The van der Waals surface area contributed by atoms with Gasteiger partial charge in [-0.2, -0.15) is 0 Å². The van der Waals surface area contributed by atoms with Crippen molar-refractivity contribution in [2.75, 3.05) is 0 Å². The number of halogens is 3.